The number of hydrogen-bond acceptors (Lipinski definition) is 9. The van der Waals surface area contributed by atoms with Gasteiger partial charge in [0.05, 0.1) is 30.8 Å². The monoisotopic (exact) mass is 826 g/mol. The number of fused-ring (bicyclic) bond motifs is 2. The molecule has 1 aliphatic carbocycles. The van der Waals surface area contributed by atoms with Crippen LogP contribution in [0.25, 0.3) is 0 Å². The first kappa shape index (κ1) is 44.1. The largest absolute Gasteiger partial charge is 0.491 e. The zero-order valence-corrected chi connectivity index (χ0v) is 36.8. The number of nitrogens with zero attached hydrogens (tertiary/aromatic N) is 3. The van der Waals surface area contributed by atoms with Gasteiger partial charge in [-0.2, -0.15) is 0 Å². The number of benzene rings is 2. The predicted octanol–water partition coefficient (Wildman–Crippen LogP) is 7.12. The quantitative estimate of drug-likeness (QED) is 0.212. The van der Waals surface area contributed by atoms with Crippen molar-refractivity contribution in [2.24, 2.45) is 17.8 Å². The normalized spacial score (nSPS) is 29.5. The summed E-state index contributed by atoms with van der Waals surface area (Å²) in [6, 6.07) is 12.4. The van der Waals surface area contributed by atoms with Crippen LogP contribution in [0, 0.1) is 17.8 Å². The summed E-state index contributed by atoms with van der Waals surface area (Å²) in [4.78, 5) is 21.3. The minimum Gasteiger partial charge on any atom is -0.491 e. The fourth-order valence-corrected chi connectivity index (χ4v) is 10.8. The van der Waals surface area contributed by atoms with Crippen LogP contribution in [0.3, 0.4) is 0 Å². The van der Waals surface area contributed by atoms with Crippen LogP contribution >= 0.6 is 11.6 Å². The van der Waals surface area contributed by atoms with Crippen LogP contribution in [0.1, 0.15) is 86.7 Å². The number of piperidine rings is 1. The molecule has 1 saturated heterocycles. The molecule has 2 fully saturated rings. The number of methoxy groups -OCH3 is 3. The second-order valence-electron chi connectivity index (χ2n) is 16.9. The Bertz CT molecular complexity index is 1680. The van der Waals surface area contributed by atoms with Crippen molar-refractivity contribution < 1.29 is 28.0 Å². The van der Waals surface area contributed by atoms with Gasteiger partial charge in [0, 0.05) is 76.6 Å². The Morgan fingerprint density at radius 2 is 1.75 bits per heavy atom. The number of amides is 1. The number of carbonyl (C=O) groups excluding carboxylic acids is 1. The second kappa shape index (κ2) is 20.6. The van der Waals surface area contributed by atoms with Crippen LogP contribution < -0.4 is 14.4 Å². The zero-order valence-electron chi connectivity index (χ0n) is 35.2. The van der Waals surface area contributed by atoms with Crippen molar-refractivity contribution in [1.29, 1.82) is 0 Å². The number of nitrogens with one attached hydrogen (secondary N) is 1. The van der Waals surface area contributed by atoms with E-state index in [1.54, 1.807) is 20.3 Å². The topological polar surface area (TPSA) is 92.8 Å². The molecule has 2 bridgehead atoms. The van der Waals surface area contributed by atoms with E-state index >= 15 is 0 Å². The average molecular weight is 828 g/mol. The Balaban J connectivity index is 1.32. The molecule has 0 spiro atoms. The number of hydrogen-bond donors (Lipinski definition) is 1. The van der Waals surface area contributed by atoms with Crippen molar-refractivity contribution in [3.63, 3.8) is 0 Å². The maximum absolute atomic E-state index is 13.6. The third-order valence-electron chi connectivity index (χ3n) is 13.3. The number of anilines is 1. The van der Waals surface area contributed by atoms with Crippen molar-refractivity contribution in [2.45, 2.75) is 88.5 Å². The summed E-state index contributed by atoms with van der Waals surface area (Å²) in [5.41, 5.74) is 3.45. The molecule has 2 aromatic carbocycles. The Hall–Kier alpha value is -2.51. The number of carbonyl (C=O) groups is 1. The molecule has 0 aromatic heterocycles. The molecule has 316 valence electrons. The van der Waals surface area contributed by atoms with Gasteiger partial charge in [-0.3, -0.25) is 14.4 Å². The SMILES string of the molecule is CCCc1cc(Cl)ccc1C1COc2ccc3cc2N(C1)CC1CCC1C(CN1CCC(N(CCOC)CCOC)CC1)(OC)/C=C/CC(C)C(C)S(=O)NC3=O. The highest BCUT2D eigenvalue weighted by Crippen LogP contribution is 2.47. The Labute approximate surface area is 349 Å². The lowest BCUT2D eigenvalue weighted by Gasteiger charge is -2.52. The van der Waals surface area contributed by atoms with Gasteiger partial charge in [-0.05, 0) is 118 Å². The molecule has 6 rings (SSSR count). The van der Waals surface area contributed by atoms with E-state index in [0.29, 0.717) is 30.0 Å². The summed E-state index contributed by atoms with van der Waals surface area (Å²) in [7, 11) is 3.88. The van der Waals surface area contributed by atoms with Gasteiger partial charge >= 0.3 is 0 Å². The first-order valence-electron chi connectivity index (χ1n) is 21.3. The molecule has 3 aliphatic heterocycles. The molecule has 3 heterocycles. The summed E-state index contributed by atoms with van der Waals surface area (Å²) in [6.45, 7) is 14.5. The van der Waals surface area contributed by atoms with Gasteiger partial charge in [0.1, 0.15) is 22.3 Å². The summed E-state index contributed by atoms with van der Waals surface area (Å²) >= 11 is 6.53. The lowest BCUT2D eigenvalue weighted by atomic mass is 9.63. The van der Waals surface area contributed by atoms with Crippen LogP contribution in [-0.4, -0.2) is 124 Å². The van der Waals surface area contributed by atoms with Crippen LogP contribution in [0.15, 0.2) is 48.6 Å². The molecule has 1 amide bonds. The maximum Gasteiger partial charge on any atom is 0.263 e. The van der Waals surface area contributed by atoms with Crippen LogP contribution in [0.4, 0.5) is 5.69 Å². The Kier molecular flexibility index (Phi) is 16.0. The minimum atomic E-state index is -1.56. The molecule has 10 nitrogen and oxygen atoms in total. The minimum absolute atomic E-state index is 0.0845. The van der Waals surface area contributed by atoms with E-state index in [0.717, 1.165) is 120 Å². The first-order valence-corrected chi connectivity index (χ1v) is 22.9. The van der Waals surface area contributed by atoms with E-state index in [1.807, 2.05) is 32.2 Å². The van der Waals surface area contributed by atoms with Gasteiger partial charge in [0.15, 0.2) is 0 Å². The molecule has 7 atom stereocenters. The summed E-state index contributed by atoms with van der Waals surface area (Å²) in [6.07, 6.45) is 11.7. The van der Waals surface area contributed by atoms with Crippen molar-refractivity contribution in [1.82, 2.24) is 14.5 Å². The summed E-state index contributed by atoms with van der Waals surface area (Å²) < 4.78 is 40.7. The Morgan fingerprint density at radius 1 is 1.00 bits per heavy atom. The first-order chi connectivity index (χ1) is 27.6. The smallest absolute Gasteiger partial charge is 0.263 e. The van der Waals surface area contributed by atoms with Gasteiger partial charge in [0.25, 0.3) is 5.91 Å². The predicted molar refractivity (Wildman–Crippen MR) is 231 cm³/mol. The highest BCUT2D eigenvalue weighted by molar-refractivity contribution is 7.84. The van der Waals surface area contributed by atoms with Crippen molar-refractivity contribution in [2.75, 3.05) is 91.9 Å². The van der Waals surface area contributed by atoms with Crippen molar-refractivity contribution in [3.05, 3.63) is 70.3 Å². The third-order valence-corrected chi connectivity index (χ3v) is 15.1. The number of ether oxygens (including phenoxy) is 4. The van der Waals surface area contributed by atoms with E-state index in [9.17, 15) is 9.00 Å². The van der Waals surface area contributed by atoms with E-state index in [2.05, 4.69) is 57.6 Å². The Morgan fingerprint density at radius 3 is 2.42 bits per heavy atom. The third kappa shape index (κ3) is 10.6. The molecule has 2 aromatic rings. The number of likely N-dealkylation sites (tertiary alicyclic amines) is 1. The van der Waals surface area contributed by atoms with Crippen LogP contribution in [0.5, 0.6) is 5.75 Å². The van der Waals surface area contributed by atoms with E-state index in [4.69, 9.17) is 30.5 Å². The van der Waals surface area contributed by atoms with Crippen LogP contribution in [0.2, 0.25) is 5.02 Å². The van der Waals surface area contributed by atoms with Gasteiger partial charge < -0.3 is 28.7 Å². The number of allylic oxidation sites excluding steroid dienone is 1. The standard InChI is InChI=1S/C45H67ClN4O6S/c1-7-9-34-26-38(46)13-14-40(34)37-29-50-28-36-11-15-41(36)45(55-6,31-48-20-17-39(18-21-48)49(22-24-53-4)23-25-54-5)19-8-10-32(2)33(3)57(52)47-44(51)35-12-16-43(56-30-37)42(50)27-35/h8,12-14,16,19,26-27,32-33,36-37,39,41H,7,9-11,15,17-18,20-25,28-31H2,1-6H3,(H,47,51)/b19-8+. The lowest BCUT2D eigenvalue weighted by molar-refractivity contribution is -0.0954. The van der Waals surface area contributed by atoms with Crippen molar-refractivity contribution >= 4 is 34.2 Å². The van der Waals surface area contributed by atoms with Crippen LogP contribution in [-0.2, 0) is 31.6 Å². The molecule has 1 N–H and O–H groups in total. The fourth-order valence-electron chi connectivity index (χ4n) is 9.56. The highest BCUT2D eigenvalue weighted by atomic mass is 35.5. The summed E-state index contributed by atoms with van der Waals surface area (Å²) in [5.74, 6) is 1.30. The molecular formula is C45H67ClN4O6S. The average Bonchev–Trinajstić information content (AvgIpc) is 3.38. The highest BCUT2D eigenvalue weighted by Gasteiger charge is 2.49. The maximum atomic E-state index is 13.6. The molecular weight excluding hydrogens is 760 g/mol. The lowest BCUT2D eigenvalue weighted by Crippen LogP contribution is -2.58. The van der Waals surface area contributed by atoms with Gasteiger partial charge in [-0.1, -0.05) is 50.1 Å². The van der Waals surface area contributed by atoms with Crippen molar-refractivity contribution in [3.8, 4) is 5.75 Å². The van der Waals surface area contributed by atoms with E-state index in [1.165, 1.54) is 11.1 Å². The van der Waals surface area contributed by atoms with Gasteiger partial charge in [-0.15, -0.1) is 0 Å². The van der Waals surface area contributed by atoms with Gasteiger partial charge in [-0.25, -0.2) is 4.21 Å². The number of rotatable bonds is 13. The van der Waals surface area contributed by atoms with Gasteiger partial charge in [0.2, 0.25) is 0 Å². The molecule has 57 heavy (non-hydrogen) atoms. The molecule has 7 unspecified atom stereocenters. The zero-order chi connectivity index (χ0) is 40.5. The summed E-state index contributed by atoms with van der Waals surface area (Å²) in [5, 5.41) is 0.512. The second-order valence-corrected chi connectivity index (χ2v) is 18.8. The van der Waals surface area contributed by atoms with E-state index in [-0.39, 0.29) is 23.0 Å². The fraction of sp³-hybridized carbons (Fsp3) is 0.667. The number of aryl methyl sites for hydroxylation is 1. The number of halogens is 1. The molecule has 0 radical (unpaired) electrons. The molecule has 4 aliphatic rings. The van der Waals surface area contributed by atoms with E-state index < -0.39 is 16.6 Å². The molecule has 1 saturated carbocycles. The molecule has 12 heteroatoms.